The summed E-state index contributed by atoms with van der Waals surface area (Å²) < 4.78 is 5.60. The highest BCUT2D eigenvalue weighted by Gasteiger charge is 2.34. The molecule has 0 bridgehead atoms. The Hall–Kier alpha value is -3.35. The molecule has 0 saturated heterocycles. The van der Waals surface area contributed by atoms with E-state index >= 15 is 0 Å². The van der Waals surface area contributed by atoms with Gasteiger partial charge in [-0.05, 0) is 47.4 Å². The van der Waals surface area contributed by atoms with E-state index in [-0.39, 0.29) is 36.3 Å². The minimum atomic E-state index is -1.04. The first-order chi connectivity index (χ1) is 15.8. The molecule has 3 atom stereocenters. The predicted molar refractivity (Wildman–Crippen MR) is 124 cm³/mol. The molecule has 33 heavy (non-hydrogen) atoms. The van der Waals surface area contributed by atoms with Crippen molar-refractivity contribution in [1.82, 2.24) is 10.6 Å². The van der Waals surface area contributed by atoms with Crippen molar-refractivity contribution >= 4 is 18.0 Å². The Morgan fingerprint density at radius 2 is 1.61 bits per heavy atom. The van der Waals surface area contributed by atoms with Crippen LogP contribution in [0.4, 0.5) is 4.79 Å². The van der Waals surface area contributed by atoms with Gasteiger partial charge >= 0.3 is 12.1 Å². The van der Waals surface area contributed by atoms with Crippen molar-refractivity contribution < 1.29 is 24.2 Å². The molecular formula is C26H30N2O5. The Balaban J connectivity index is 1.30. The molecule has 2 aromatic carbocycles. The Morgan fingerprint density at radius 3 is 2.18 bits per heavy atom. The van der Waals surface area contributed by atoms with Gasteiger partial charge in [-0.25, -0.2) is 9.59 Å². The fourth-order valence-corrected chi connectivity index (χ4v) is 4.94. The number of hydrogen-bond donors (Lipinski definition) is 3. The van der Waals surface area contributed by atoms with Crippen LogP contribution in [-0.4, -0.2) is 41.8 Å². The van der Waals surface area contributed by atoms with Crippen molar-refractivity contribution in [2.45, 2.75) is 51.1 Å². The van der Waals surface area contributed by atoms with Gasteiger partial charge in [0.25, 0.3) is 0 Å². The van der Waals surface area contributed by atoms with Crippen LogP contribution in [-0.2, 0) is 14.3 Å². The molecule has 2 aliphatic carbocycles. The lowest BCUT2D eigenvalue weighted by Gasteiger charge is -2.20. The maximum atomic E-state index is 12.5. The molecule has 7 nitrogen and oxygen atoms in total. The van der Waals surface area contributed by atoms with Crippen LogP contribution in [0.15, 0.2) is 48.5 Å². The topological polar surface area (TPSA) is 105 Å². The molecule has 4 rings (SSSR count). The number of alkyl carbamates (subject to hydrolysis) is 1. The van der Waals surface area contributed by atoms with Gasteiger partial charge in [-0.15, -0.1) is 0 Å². The number of carboxylic acids is 1. The van der Waals surface area contributed by atoms with Crippen LogP contribution in [0.3, 0.4) is 0 Å². The maximum Gasteiger partial charge on any atom is 0.407 e. The summed E-state index contributed by atoms with van der Waals surface area (Å²) in [6.07, 6.45) is 1.24. The molecule has 1 saturated carbocycles. The second-order valence-electron chi connectivity index (χ2n) is 9.25. The SMILES string of the molecule is CC(C)C(NC(=O)C1CCC(NC(=O)OCC2c3ccccc3-c3ccccc32)C1)C(=O)O. The third kappa shape index (κ3) is 4.87. The summed E-state index contributed by atoms with van der Waals surface area (Å²) in [6, 6.07) is 15.3. The molecule has 0 spiro atoms. The van der Waals surface area contributed by atoms with Crippen molar-refractivity contribution in [2.75, 3.05) is 6.61 Å². The van der Waals surface area contributed by atoms with E-state index in [1.807, 2.05) is 24.3 Å². The van der Waals surface area contributed by atoms with Gasteiger partial charge in [-0.2, -0.15) is 0 Å². The molecule has 0 radical (unpaired) electrons. The van der Waals surface area contributed by atoms with Crippen LogP contribution in [0.5, 0.6) is 0 Å². The first kappa shape index (κ1) is 22.8. The van der Waals surface area contributed by atoms with Crippen LogP contribution in [0.2, 0.25) is 0 Å². The average Bonchev–Trinajstić information content (AvgIpc) is 3.38. The molecule has 0 aromatic heterocycles. The first-order valence-corrected chi connectivity index (χ1v) is 11.5. The molecule has 0 aliphatic heterocycles. The number of rotatable bonds is 7. The second-order valence-corrected chi connectivity index (χ2v) is 9.25. The third-order valence-electron chi connectivity index (χ3n) is 6.70. The first-order valence-electron chi connectivity index (χ1n) is 11.5. The van der Waals surface area contributed by atoms with Crippen LogP contribution >= 0.6 is 0 Å². The lowest BCUT2D eigenvalue weighted by atomic mass is 9.98. The average molecular weight is 451 g/mol. The number of carbonyl (C=O) groups excluding carboxylic acids is 2. The maximum absolute atomic E-state index is 12.5. The van der Waals surface area contributed by atoms with Crippen LogP contribution in [0, 0.1) is 11.8 Å². The van der Waals surface area contributed by atoms with Gasteiger partial charge in [0, 0.05) is 17.9 Å². The number of amides is 2. The van der Waals surface area contributed by atoms with Crippen LogP contribution in [0.1, 0.15) is 50.2 Å². The van der Waals surface area contributed by atoms with Gasteiger partial charge in [0.2, 0.25) is 5.91 Å². The Kier molecular flexibility index (Phi) is 6.67. The van der Waals surface area contributed by atoms with E-state index in [0.29, 0.717) is 19.3 Å². The van der Waals surface area contributed by atoms with E-state index in [4.69, 9.17) is 4.74 Å². The normalized spacial score (nSPS) is 20.1. The lowest BCUT2D eigenvalue weighted by molar-refractivity contribution is -0.143. The number of hydrogen-bond acceptors (Lipinski definition) is 4. The lowest BCUT2D eigenvalue weighted by Crippen LogP contribution is -2.46. The number of carboxylic acid groups (broad SMARTS) is 1. The zero-order chi connectivity index (χ0) is 23.5. The monoisotopic (exact) mass is 450 g/mol. The minimum Gasteiger partial charge on any atom is -0.480 e. The quantitative estimate of drug-likeness (QED) is 0.593. The summed E-state index contributed by atoms with van der Waals surface area (Å²) >= 11 is 0. The van der Waals surface area contributed by atoms with Gasteiger partial charge in [-0.1, -0.05) is 62.4 Å². The highest BCUT2D eigenvalue weighted by molar-refractivity contribution is 5.85. The summed E-state index contributed by atoms with van der Waals surface area (Å²) in [5.41, 5.74) is 4.66. The zero-order valence-corrected chi connectivity index (χ0v) is 18.9. The zero-order valence-electron chi connectivity index (χ0n) is 18.9. The van der Waals surface area contributed by atoms with Gasteiger partial charge in [-0.3, -0.25) is 4.79 Å². The van der Waals surface area contributed by atoms with Gasteiger partial charge in [0.1, 0.15) is 12.6 Å². The van der Waals surface area contributed by atoms with Gasteiger partial charge in [0.05, 0.1) is 0 Å². The van der Waals surface area contributed by atoms with E-state index < -0.39 is 18.1 Å². The summed E-state index contributed by atoms with van der Waals surface area (Å²) in [6.45, 7) is 3.76. The third-order valence-corrected chi connectivity index (χ3v) is 6.70. The Morgan fingerprint density at radius 1 is 1.00 bits per heavy atom. The number of fused-ring (bicyclic) bond motifs is 3. The number of carbonyl (C=O) groups is 3. The number of benzene rings is 2. The second kappa shape index (κ2) is 9.65. The van der Waals surface area contributed by atoms with E-state index in [9.17, 15) is 19.5 Å². The van der Waals surface area contributed by atoms with E-state index in [1.54, 1.807) is 13.8 Å². The van der Waals surface area contributed by atoms with Crippen LogP contribution in [0.25, 0.3) is 11.1 Å². The summed E-state index contributed by atoms with van der Waals surface area (Å²) in [7, 11) is 0. The van der Waals surface area contributed by atoms with Crippen LogP contribution < -0.4 is 10.6 Å². The van der Waals surface area contributed by atoms with Crippen molar-refractivity contribution in [3.05, 3.63) is 59.7 Å². The van der Waals surface area contributed by atoms with E-state index in [2.05, 4.69) is 34.9 Å². The van der Waals surface area contributed by atoms with Gasteiger partial charge < -0.3 is 20.5 Å². The molecule has 7 heteroatoms. The molecular weight excluding hydrogens is 420 g/mol. The highest BCUT2D eigenvalue weighted by atomic mass is 16.5. The van der Waals surface area contributed by atoms with Crippen molar-refractivity contribution in [3.63, 3.8) is 0 Å². The largest absolute Gasteiger partial charge is 0.480 e. The highest BCUT2D eigenvalue weighted by Crippen LogP contribution is 2.44. The van der Waals surface area contributed by atoms with Crippen molar-refractivity contribution in [3.8, 4) is 11.1 Å². The fourth-order valence-electron chi connectivity index (χ4n) is 4.94. The predicted octanol–water partition coefficient (Wildman–Crippen LogP) is 3.92. The number of aliphatic carboxylic acids is 1. The summed E-state index contributed by atoms with van der Waals surface area (Å²) in [4.78, 5) is 36.4. The molecule has 174 valence electrons. The summed E-state index contributed by atoms with van der Waals surface area (Å²) in [5.74, 6) is -1.83. The Labute approximate surface area is 193 Å². The molecule has 1 fully saturated rings. The van der Waals surface area contributed by atoms with Crippen molar-refractivity contribution in [1.29, 1.82) is 0 Å². The molecule has 0 heterocycles. The minimum absolute atomic E-state index is 0.00533. The Bertz CT molecular complexity index is 1000. The molecule has 3 N–H and O–H groups in total. The number of nitrogens with one attached hydrogen (secondary N) is 2. The molecule has 2 aromatic rings. The summed E-state index contributed by atoms with van der Waals surface area (Å²) in [5, 5.41) is 14.8. The van der Waals surface area contributed by atoms with Crippen molar-refractivity contribution in [2.24, 2.45) is 11.8 Å². The molecule has 2 amide bonds. The number of ether oxygens (including phenoxy) is 1. The van der Waals surface area contributed by atoms with Gasteiger partial charge in [0.15, 0.2) is 0 Å². The van der Waals surface area contributed by atoms with E-state index in [0.717, 1.165) is 11.1 Å². The smallest absolute Gasteiger partial charge is 0.407 e. The molecule has 3 unspecified atom stereocenters. The molecule has 2 aliphatic rings. The fraction of sp³-hybridized carbons (Fsp3) is 0.423. The van der Waals surface area contributed by atoms with E-state index in [1.165, 1.54) is 11.1 Å². The standard InChI is InChI=1S/C26H30N2O5/c1-15(2)23(25(30)31)28-24(29)16-11-12-17(13-16)27-26(32)33-14-22-20-9-5-3-7-18(20)19-8-4-6-10-21(19)22/h3-10,15-17,22-23H,11-14H2,1-2H3,(H,27,32)(H,28,29)(H,30,31).